The molecule has 2 aromatic rings. The van der Waals surface area contributed by atoms with E-state index < -0.39 is 5.97 Å². The second-order valence-corrected chi connectivity index (χ2v) is 4.19. The molecule has 0 aliphatic rings. The van der Waals surface area contributed by atoms with E-state index in [9.17, 15) is 4.79 Å². The first-order chi connectivity index (χ1) is 9.08. The van der Waals surface area contributed by atoms with Crippen molar-refractivity contribution in [2.24, 2.45) is 0 Å². The molecule has 7 heteroatoms. The van der Waals surface area contributed by atoms with Crippen molar-refractivity contribution in [2.45, 2.75) is 26.5 Å². The summed E-state index contributed by atoms with van der Waals surface area (Å²) in [6, 6.07) is 3.16. The van der Waals surface area contributed by atoms with Gasteiger partial charge in [0.25, 0.3) is 0 Å². The summed E-state index contributed by atoms with van der Waals surface area (Å²) in [6.07, 6.45) is 2.85. The number of nitrogens with zero attached hydrogens (tertiary/aromatic N) is 4. The van der Waals surface area contributed by atoms with Crippen molar-refractivity contribution in [3.05, 3.63) is 36.2 Å². The third kappa shape index (κ3) is 3.06. The minimum Gasteiger partial charge on any atom is -0.484 e. The first-order valence-corrected chi connectivity index (χ1v) is 5.78. The smallest absolute Gasteiger partial charge is 0.354 e. The van der Waals surface area contributed by atoms with Crippen LogP contribution in [0.5, 0.6) is 5.75 Å². The average molecular weight is 262 g/mol. The molecule has 0 aromatic carbocycles. The summed E-state index contributed by atoms with van der Waals surface area (Å²) in [5.41, 5.74) is -0.0160. The molecule has 0 fully saturated rings. The summed E-state index contributed by atoms with van der Waals surface area (Å²) in [5.74, 6) is 0.131. The van der Waals surface area contributed by atoms with Gasteiger partial charge in [0, 0.05) is 6.04 Å². The summed E-state index contributed by atoms with van der Waals surface area (Å²) < 4.78 is 7.26. The average Bonchev–Trinajstić information content (AvgIpc) is 2.85. The highest BCUT2D eigenvalue weighted by Gasteiger charge is 2.09. The summed E-state index contributed by atoms with van der Waals surface area (Å²) in [6.45, 7) is 4.26. The van der Waals surface area contributed by atoms with E-state index >= 15 is 0 Å². The van der Waals surface area contributed by atoms with Crippen molar-refractivity contribution in [3.8, 4) is 5.75 Å². The summed E-state index contributed by atoms with van der Waals surface area (Å²) in [7, 11) is 0. The zero-order chi connectivity index (χ0) is 13.8. The highest BCUT2D eigenvalue weighted by Crippen LogP contribution is 2.12. The molecule has 1 N–H and O–H groups in total. The molecule has 7 nitrogen and oxygen atoms in total. The Morgan fingerprint density at radius 3 is 2.79 bits per heavy atom. The van der Waals surface area contributed by atoms with Crippen LogP contribution in [0.4, 0.5) is 0 Å². The van der Waals surface area contributed by atoms with Crippen LogP contribution in [-0.4, -0.2) is 30.8 Å². The van der Waals surface area contributed by atoms with Gasteiger partial charge in [-0.05, 0) is 26.0 Å². The summed E-state index contributed by atoms with van der Waals surface area (Å²) >= 11 is 0. The quantitative estimate of drug-likeness (QED) is 0.878. The molecule has 2 rings (SSSR count). The summed E-state index contributed by atoms with van der Waals surface area (Å²) in [4.78, 5) is 18.5. The number of ether oxygens (including phenoxy) is 1. The maximum atomic E-state index is 10.7. The van der Waals surface area contributed by atoms with E-state index in [2.05, 4.69) is 15.1 Å². The number of hydrogen-bond acceptors (Lipinski definition) is 5. The number of carboxylic acid groups (broad SMARTS) is 1. The fourth-order valence-corrected chi connectivity index (χ4v) is 1.55. The van der Waals surface area contributed by atoms with Gasteiger partial charge in [0.15, 0.2) is 5.82 Å². The van der Waals surface area contributed by atoms with Gasteiger partial charge in [0.2, 0.25) is 0 Å². The van der Waals surface area contributed by atoms with Crippen molar-refractivity contribution < 1.29 is 14.6 Å². The number of aromatic nitrogens is 4. The number of carboxylic acids is 1. The Morgan fingerprint density at radius 2 is 2.21 bits per heavy atom. The third-order valence-corrected chi connectivity index (χ3v) is 2.46. The van der Waals surface area contributed by atoms with Gasteiger partial charge in [0.05, 0.1) is 6.20 Å². The number of pyridine rings is 1. The lowest BCUT2D eigenvalue weighted by atomic mass is 10.3. The molecule has 0 saturated heterocycles. The molecule has 0 aliphatic heterocycles. The zero-order valence-electron chi connectivity index (χ0n) is 10.6. The minimum atomic E-state index is -1.06. The Balaban J connectivity index is 2.02. The molecule has 0 radical (unpaired) electrons. The van der Waals surface area contributed by atoms with Crippen LogP contribution in [0, 0.1) is 0 Å². The van der Waals surface area contributed by atoms with Gasteiger partial charge >= 0.3 is 5.97 Å². The molecule has 0 unspecified atom stereocenters. The third-order valence-electron chi connectivity index (χ3n) is 2.46. The maximum absolute atomic E-state index is 10.7. The van der Waals surface area contributed by atoms with Gasteiger partial charge in [-0.15, -0.1) is 0 Å². The lowest BCUT2D eigenvalue weighted by Crippen LogP contribution is -2.11. The standard InChI is InChI=1S/C12H14N4O3/c1-8(2)16-11(14-7-15-16)6-19-9-3-4-10(12(17)18)13-5-9/h3-5,7-8H,6H2,1-2H3,(H,17,18). The molecule has 0 atom stereocenters. The van der Waals surface area contributed by atoms with Crippen LogP contribution in [0.25, 0.3) is 0 Å². The summed E-state index contributed by atoms with van der Waals surface area (Å²) in [5, 5.41) is 12.8. The minimum absolute atomic E-state index is 0.0160. The molecule has 2 heterocycles. The number of aromatic carboxylic acids is 1. The Labute approximate surface area is 109 Å². The fourth-order valence-electron chi connectivity index (χ4n) is 1.55. The lowest BCUT2D eigenvalue weighted by molar-refractivity contribution is 0.0690. The van der Waals surface area contributed by atoms with E-state index in [1.54, 1.807) is 10.7 Å². The molecule has 0 bridgehead atoms. The first kappa shape index (κ1) is 13.0. The molecule has 0 spiro atoms. The number of carbonyl (C=O) groups is 1. The highest BCUT2D eigenvalue weighted by atomic mass is 16.5. The number of rotatable bonds is 5. The Morgan fingerprint density at radius 1 is 1.42 bits per heavy atom. The molecule has 19 heavy (non-hydrogen) atoms. The lowest BCUT2D eigenvalue weighted by Gasteiger charge is -2.10. The van der Waals surface area contributed by atoms with Crippen molar-refractivity contribution in [1.29, 1.82) is 0 Å². The van der Waals surface area contributed by atoms with E-state index in [1.807, 2.05) is 13.8 Å². The highest BCUT2D eigenvalue weighted by molar-refractivity contribution is 5.85. The first-order valence-electron chi connectivity index (χ1n) is 5.78. The van der Waals surface area contributed by atoms with Crippen molar-refractivity contribution in [2.75, 3.05) is 0 Å². The van der Waals surface area contributed by atoms with Crippen LogP contribution >= 0.6 is 0 Å². The predicted molar refractivity (Wildman–Crippen MR) is 65.9 cm³/mol. The Kier molecular flexibility index (Phi) is 3.74. The largest absolute Gasteiger partial charge is 0.484 e. The van der Waals surface area contributed by atoms with Gasteiger partial charge in [-0.2, -0.15) is 5.10 Å². The molecule has 0 saturated carbocycles. The van der Waals surface area contributed by atoms with E-state index in [-0.39, 0.29) is 18.3 Å². The predicted octanol–water partition coefficient (Wildman–Crippen LogP) is 1.53. The molecular formula is C12H14N4O3. The Bertz CT molecular complexity index is 563. The van der Waals surface area contributed by atoms with Crippen LogP contribution in [0.1, 0.15) is 36.2 Å². The second kappa shape index (κ2) is 5.47. The van der Waals surface area contributed by atoms with Crippen LogP contribution in [0.15, 0.2) is 24.7 Å². The topological polar surface area (TPSA) is 90.1 Å². The Hall–Kier alpha value is -2.44. The van der Waals surface area contributed by atoms with Crippen molar-refractivity contribution >= 4 is 5.97 Å². The van der Waals surface area contributed by atoms with Gasteiger partial charge in [-0.25, -0.2) is 19.4 Å². The van der Waals surface area contributed by atoms with Crippen LogP contribution in [0.3, 0.4) is 0 Å². The van der Waals surface area contributed by atoms with Crippen LogP contribution < -0.4 is 4.74 Å². The molecular weight excluding hydrogens is 248 g/mol. The number of hydrogen-bond donors (Lipinski definition) is 1. The van der Waals surface area contributed by atoms with Crippen LogP contribution in [0.2, 0.25) is 0 Å². The second-order valence-electron chi connectivity index (χ2n) is 4.19. The maximum Gasteiger partial charge on any atom is 0.354 e. The normalized spacial score (nSPS) is 10.7. The zero-order valence-corrected chi connectivity index (χ0v) is 10.6. The van der Waals surface area contributed by atoms with Crippen LogP contribution in [-0.2, 0) is 6.61 Å². The molecule has 2 aromatic heterocycles. The van der Waals surface area contributed by atoms with Gasteiger partial charge < -0.3 is 9.84 Å². The monoisotopic (exact) mass is 262 g/mol. The molecule has 100 valence electrons. The van der Waals surface area contributed by atoms with E-state index in [4.69, 9.17) is 9.84 Å². The molecule has 0 amide bonds. The van der Waals surface area contributed by atoms with Crippen molar-refractivity contribution in [1.82, 2.24) is 19.7 Å². The van der Waals surface area contributed by atoms with Crippen molar-refractivity contribution in [3.63, 3.8) is 0 Å². The fraction of sp³-hybridized carbons (Fsp3) is 0.333. The SMILES string of the molecule is CC(C)n1ncnc1COc1ccc(C(=O)O)nc1. The van der Waals surface area contributed by atoms with E-state index in [1.165, 1.54) is 18.6 Å². The van der Waals surface area contributed by atoms with Gasteiger partial charge in [0.1, 0.15) is 24.4 Å². The van der Waals surface area contributed by atoms with Gasteiger partial charge in [-0.3, -0.25) is 0 Å². The van der Waals surface area contributed by atoms with E-state index in [0.29, 0.717) is 11.6 Å². The molecule has 0 aliphatic carbocycles. The van der Waals surface area contributed by atoms with E-state index in [0.717, 1.165) is 0 Å². The van der Waals surface area contributed by atoms with Gasteiger partial charge in [-0.1, -0.05) is 0 Å².